The van der Waals surface area contributed by atoms with Gasteiger partial charge >= 0.3 is 0 Å². The van der Waals surface area contributed by atoms with E-state index in [1.807, 2.05) is 118 Å². The molecule has 4 aliphatic rings. The van der Waals surface area contributed by atoms with Crippen LogP contribution < -0.4 is 20.9 Å². The highest BCUT2D eigenvalue weighted by atomic mass is 32.2. The molecule has 8 rings (SSSR count). The molecule has 0 bridgehead atoms. The lowest BCUT2D eigenvalue weighted by Gasteiger charge is -2.44. The molecule has 0 saturated carbocycles. The number of rotatable bonds is 20. The number of anilines is 2. The average molecular weight is 1270 g/mol. The van der Waals surface area contributed by atoms with Gasteiger partial charge in [-0.05, 0) is 123 Å². The van der Waals surface area contributed by atoms with E-state index in [2.05, 4.69) is 49.6 Å². The summed E-state index contributed by atoms with van der Waals surface area (Å²) in [5.41, 5.74) is 4.43. The van der Waals surface area contributed by atoms with Crippen LogP contribution in [0.5, 0.6) is 0 Å². The monoisotopic (exact) mass is 1260 g/mol. The molecule has 0 aliphatic carbocycles. The topological polar surface area (TPSA) is 263 Å². The van der Waals surface area contributed by atoms with Crippen molar-refractivity contribution >= 4 is 77.8 Å². The van der Waals surface area contributed by atoms with Crippen LogP contribution in [0.1, 0.15) is 52.4 Å². The first-order valence-corrected chi connectivity index (χ1v) is 33.2. The first-order chi connectivity index (χ1) is 40.9. The van der Waals surface area contributed by atoms with Crippen molar-refractivity contribution in [2.75, 3.05) is 82.6 Å². The van der Waals surface area contributed by atoms with Crippen LogP contribution in [0.3, 0.4) is 0 Å². The van der Waals surface area contributed by atoms with Crippen LogP contribution in [0.15, 0.2) is 97.6 Å². The molecule has 4 unspecified atom stereocenters. The van der Waals surface area contributed by atoms with Crippen molar-refractivity contribution in [2.24, 2.45) is 11.8 Å². The van der Waals surface area contributed by atoms with Gasteiger partial charge in [-0.1, -0.05) is 63.1 Å². The second-order valence-corrected chi connectivity index (χ2v) is 23.9. The normalized spacial score (nSPS) is 28.0. The molecule has 85 heavy (non-hydrogen) atoms. The van der Waals surface area contributed by atoms with Crippen LogP contribution >= 0.6 is 47.8 Å². The molecule has 19 nitrogen and oxygen atoms in total. The number of pyridine rings is 2. The SMILES string of the molecule is C=O.CCC[C@@H]1C[C@@H](C(=O)N[C@H](CN(C)c2ccc(-c3cccnc3)cc2)[C@H]2OC(SC)[C@H](O)[C@H](O)C2O)N(C)C1.CCC[C@@H]1C[C@@H](C(=O)N[C@H](CNc2ccc(-c3cccnc3)cc2)[C@H]2OC(SC)[C@H](O)[C@H](O)C2O)N(C)C1.CSF.CSF. The minimum Gasteiger partial charge on any atom is -0.388 e. The molecule has 4 saturated heterocycles. The molecule has 2 amide bonds. The molecule has 4 aromatic rings. The van der Waals surface area contributed by atoms with Crippen molar-refractivity contribution in [3.8, 4) is 22.3 Å². The lowest BCUT2D eigenvalue weighted by molar-refractivity contribution is -0.204. The molecule has 2 aromatic heterocycles. The number of likely N-dealkylation sites (tertiary alicyclic amines) is 2. The predicted molar refractivity (Wildman–Crippen MR) is 341 cm³/mol. The standard InChI is InChI=1S/C29H42N4O5S.C28H40N4O5S.2CH3FS.CH2O/c1-5-7-18-14-23(33(3)16-18)28(37)31-22(27-25(35)24(34)26(36)29(38-27)39-4)17-32(2)21-11-9-19(10-12-21)20-8-6-13-30-15-20;1-4-6-17-13-22(32(2)16-17)27(36)31-21(26-24(34)23(33)25(35)28(37-26)38-3)15-30-20-10-8-18(9-11-20)19-7-5-12-29-14-19;2*1-3-2;1-2/h6,8-13,15,18,22-27,29,34-36H,5,7,14,16-17H2,1-4H3,(H,31,37);5,7-12,14,17,21-26,28,30,33-35H,4,6,13,15-16H2,1-3H3,(H,31,36);2*1H3;1H2/t18-,22-,23+,24-,25?,26-,27-,29?;17-,21-,22+,23-,24?,25-,26-,28?;;;/m11.../s1. The Kier molecular flexibility index (Phi) is 33.0. The highest BCUT2D eigenvalue weighted by Crippen LogP contribution is 2.33. The number of carbonyl (C=O) groups is 3. The predicted octanol–water partition coefficient (Wildman–Crippen LogP) is 6.18. The number of hydrogen-bond donors (Lipinski definition) is 9. The van der Waals surface area contributed by atoms with Gasteiger partial charge in [0.15, 0.2) is 0 Å². The number of aliphatic hydroxyl groups is 6. The van der Waals surface area contributed by atoms with E-state index in [1.54, 1.807) is 24.9 Å². The summed E-state index contributed by atoms with van der Waals surface area (Å²) >= 11 is 3.02. The Hall–Kier alpha value is -4.19. The van der Waals surface area contributed by atoms with Crippen LogP contribution in [-0.4, -0.2) is 225 Å². The molecule has 0 spiro atoms. The van der Waals surface area contributed by atoms with Gasteiger partial charge in [-0.25, -0.2) is 0 Å². The van der Waals surface area contributed by atoms with Crippen molar-refractivity contribution in [3.63, 3.8) is 0 Å². The Morgan fingerprint density at radius 1 is 0.635 bits per heavy atom. The second-order valence-electron chi connectivity index (χ2n) is 21.5. The van der Waals surface area contributed by atoms with Crippen LogP contribution in [-0.2, 0) is 23.9 Å². The number of aromatic nitrogens is 2. The van der Waals surface area contributed by atoms with E-state index in [-0.39, 0.29) is 54.7 Å². The van der Waals surface area contributed by atoms with Crippen molar-refractivity contribution in [1.82, 2.24) is 30.4 Å². The Bertz CT molecular complexity index is 2500. The van der Waals surface area contributed by atoms with Crippen LogP contribution in [0.4, 0.5) is 19.1 Å². The molecule has 4 fully saturated rings. The minimum atomic E-state index is -1.38. The number of nitrogens with one attached hydrogen (secondary N) is 3. The van der Waals surface area contributed by atoms with Crippen molar-refractivity contribution in [1.29, 1.82) is 0 Å². The number of thioether (sulfide) groups is 2. The number of carbonyl (C=O) groups excluding carboxylic acids is 3. The molecule has 25 heteroatoms. The van der Waals surface area contributed by atoms with Gasteiger partial charge in [0, 0.05) is 106 Å². The van der Waals surface area contributed by atoms with Gasteiger partial charge in [-0.15, -0.1) is 23.5 Å². The van der Waals surface area contributed by atoms with E-state index in [4.69, 9.17) is 14.3 Å². The number of halogens is 2. The Morgan fingerprint density at radius 3 is 1.42 bits per heavy atom. The smallest absolute Gasteiger partial charge is 0.237 e. The van der Waals surface area contributed by atoms with Crippen molar-refractivity contribution in [2.45, 2.75) is 136 Å². The molecular weight excluding hydrogens is 1170 g/mol. The summed E-state index contributed by atoms with van der Waals surface area (Å²) in [6.45, 7) is 8.66. The summed E-state index contributed by atoms with van der Waals surface area (Å²) in [5, 5.41) is 73.3. The third-order valence-electron chi connectivity index (χ3n) is 15.6. The van der Waals surface area contributed by atoms with Gasteiger partial charge in [0.2, 0.25) is 11.8 Å². The summed E-state index contributed by atoms with van der Waals surface area (Å²) in [5.74, 6) is 0.718. The number of hydrogen-bond acceptors (Lipinski definition) is 21. The second kappa shape index (κ2) is 38.3. The van der Waals surface area contributed by atoms with Crippen LogP contribution in [0.2, 0.25) is 0 Å². The van der Waals surface area contributed by atoms with Gasteiger partial charge in [-0.3, -0.25) is 29.4 Å². The fraction of sp³-hybridized carbons (Fsp3) is 0.583. The Morgan fingerprint density at radius 2 is 1.04 bits per heavy atom. The number of nitrogens with zero attached hydrogens (tertiary/aromatic N) is 5. The molecule has 0 radical (unpaired) electrons. The largest absolute Gasteiger partial charge is 0.388 e. The fourth-order valence-electron chi connectivity index (χ4n) is 11.3. The Labute approximate surface area is 518 Å². The summed E-state index contributed by atoms with van der Waals surface area (Å²) < 4.78 is 32.5. The highest BCUT2D eigenvalue weighted by Gasteiger charge is 2.49. The number of amides is 2. The zero-order valence-corrected chi connectivity index (χ0v) is 53.4. The van der Waals surface area contributed by atoms with E-state index >= 15 is 0 Å². The molecule has 4 aliphatic heterocycles. The summed E-state index contributed by atoms with van der Waals surface area (Å²) in [6, 6.07) is 21.9. The summed E-state index contributed by atoms with van der Waals surface area (Å²) in [7, 11) is 5.86. The zero-order chi connectivity index (χ0) is 62.8. The third kappa shape index (κ3) is 21.2. The molecule has 16 atom stereocenters. The number of aliphatic hydroxyl groups excluding tert-OH is 6. The van der Waals surface area contributed by atoms with Gasteiger partial charge in [0.05, 0.1) is 24.2 Å². The molecule has 6 heterocycles. The van der Waals surface area contributed by atoms with E-state index in [0.717, 1.165) is 85.2 Å². The van der Waals surface area contributed by atoms with Crippen LogP contribution in [0.25, 0.3) is 22.3 Å². The van der Waals surface area contributed by atoms with Gasteiger partial charge in [-0.2, -0.15) is 7.77 Å². The van der Waals surface area contributed by atoms with E-state index in [9.17, 15) is 48.0 Å². The minimum absolute atomic E-state index is 0.112. The van der Waals surface area contributed by atoms with Gasteiger partial charge in [0.25, 0.3) is 0 Å². The van der Waals surface area contributed by atoms with Gasteiger partial charge in [0.1, 0.15) is 66.5 Å². The molecular formula is C60H90F2N8O11S4. The maximum atomic E-state index is 13.6. The quantitative estimate of drug-likeness (QED) is 0.0478. The number of likely N-dealkylation sites (N-methyl/N-ethyl adjacent to an activating group) is 3. The van der Waals surface area contributed by atoms with E-state index in [0.29, 0.717) is 18.4 Å². The number of benzene rings is 2. The molecule has 2 aromatic carbocycles. The maximum Gasteiger partial charge on any atom is 0.237 e. The third-order valence-corrected chi connectivity index (χ3v) is 17.3. The van der Waals surface area contributed by atoms with E-state index < -0.39 is 71.8 Å². The first kappa shape index (κ1) is 73.3. The molecule has 474 valence electrons. The summed E-state index contributed by atoms with van der Waals surface area (Å²) in [6.07, 6.45) is 9.57. The van der Waals surface area contributed by atoms with Crippen molar-refractivity contribution < 1.29 is 62.3 Å². The summed E-state index contributed by atoms with van der Waals surface area (Å²) in [4.78, 5) is 49.5. The lowest BCUT2D eigenvalue weighted by atomic mass is 9.93. The first-order valence-electron chi connectivity index (χ1n) is 28.4. The fourth-order valence-corrected chi connectivity index (χ4v) is 12.6. The van der Waals surface area contributed by atoms with Gasteiger partial charge < -0.3 is 65.8 Å². The maximum absolute atomic E-state index is 13.6. The highest BCUT2D eigenvalue weighted by molar-refractivity contribution is 7.99. The zero-order valence-electron chi connectivity index (χ0n) is 50.1. The molecule has 9 N–H and O–H groups in total. The van der Waals surface area contributed by atoms with Crippen molar-refractivity contribution in [3.05, 3.63) is 97.6 Å². The number of ether oxygens (including phenoxy) is 2. The van der Waals surface area contributed by atoms with E-state index in [1.165, 1.54) is 36.0 Å². The van der Waals surface area contributed by atoms with Crippen LogP contribution in [0, 0.1) is 11.8 Å². The Balaban J connectivity index is 0.000000325. The average Bonchev–Trinajstić information content (AvgIpc) is 4.05. The lowest BCUT2D eigenvalue weighted by Crippen LogP contribution is -2.65.